The summed E-state index contributed by atoms with van der Waals surface area (Å²) in [5.74, 6) is -3.65. The molecule has 5 nitrogen and oxygen atoms in total. The van der Waals surface area contributed by atoms with Gasteiger partial charge in [0.25, 0.3) is 0 Å². The van der Waals surface area contributed by atoms with Crippen molar-refractivity contribution in [2.45, 2.75) is 45.6 Å². The molecule has 5 heteroatoms. The third-order valence-electron chi connectivity index (χ3n) is 3.54. The molecule has 1 saturated heterocycles. The molecule has 0 saturated carbocycles. The number of rotatable bonds is 1. The van der Waals surface area contributed by atoms with Crippen molar-refractivity contribution in [2.75, 3.05) is 6.54 Å². The summed E-state index contributed by atoms with van der Waals surface area (Å²) < 4.78 is 0. The van der Waals surface area contributed by atoms with Gasteiger partial charge in [0.05, 0.1) is 0 Å². The van der Waals surface area contributed by atoms with Crippen LogP contribution in [0, 0.1) is 13.8 Å². The smallest absolute Gasteiger partial charge is 0.414 e. The Balaban J connectivity index is 0.000000315. The van der Waals surface area contributed by atoms with Gasteiger partial charge in [-0.2, -0.15) is 0 Å². The molecule has 21 heavy (non-hydrogen) atoms. The van der Waals surface area contributed by atoms with E-state index in [2.05, 4.69) is 37.4 Å². The minimum absolute atomic E-state index is 0.591. The molecule has 1 unspecified atom stereocenters. The molecular weight excluding hydrogens is 270 g/mol. The molecular formula is C16H23NO4. The van der Waals surface area contributed by atoms with E-state index in [1.54, 1.807) is 0 Å². The third kappa shape index (κ3) is 5.95. The average molecular weight is 293 g/mol. The van der Waals surface area contributed by atoms with Crippen molar-refractivity contribution < 1.29 is 19.8 Å². The zero-order valence-electron chi connectivity index (χ0n) is 12.6. The molecule has 0 radical (unpaired) electrons. The fourth-order valence-corrected chi connectivity index (χ4v) is 2.51. The van der Waals surface area contributed by atoms with Crippen LogP contribution in [-0.2, 0) is 9.59 Å². The first-order valence-corrected chi connectivity index (χ1v) is 7.18. The molecule has 0 amide bonds. The van der Waals surface area contributed by atoms with Gasteiger partial charge in [0, 0.05) is 6.04 Å². The zero-order valence-corrected chi connectivity index (χ0v) is 12.6. The van der Waals surface area contributed by atoms with Gasteiger partial charge in [-0.05, 0) is 44.4 Å². The number of carboxylic acid groups (broad SMARTS) is 2. The van der Waals surface area contributed by atoms with Gasteiger partial charge in [-0.15, -0.1) is 0 Å². The summed E-state index contributed by atoms with van der Waals surface area (Å²) in [5.41, 5.74) is 4.31. The lowest BCUT2D eigenvalue weighted by Crippen LogP contribution is -2.21. The second kappa shape index (κ2) is 8.42. The minimum atomic E-state index is -1.82. The number of benzene rings is 1. The minimum Gasteiger partial charge on any atom is -0.473 e. The van der Waals surface area contributed by atoms with Crippen LogP contribution in [0.4, 0.5) is 0 Å². The number of carboxylic acids is 2. The molecule has 1 heterocycles. The van der Waals surface area contributed by atoms with Gasteiger partial charge >= 0.3 is 11.9 Å². The van der Waals surface area contributed by atoms with Gasteiger partial charge < -0.3 is 15.5 Å². The molecule has 3 N–H and O–H groups in total. The Bertz CT molecular complexity index is 479. The summed E-state index contributed by atoms with van der Waals surface area (Å²) in [6.45, 7) is 5.57. The van der Waals surface area contributed by atoms with E-state index >= 15 is 0 Å². The van der Waals surface area contributed by atoms with Crippen molar-refractivity contribution >= 4 is 11.9 Å². The lowest BCUT2D eigenvalue weighted by atomic mass is 9.96. The molecule has 0 spiro atoms. The summed E-state index contributed by atoms with van der Waals surface area (Å²) in [4.78, 5) is 18.2. The second-order valence-electron chi connectivity index (χ2n) is 5.33. The van der Waals surface area contributed by atoms with Crippen LogP contribution >= 0.6 is 0 Å². The molecule has 1 aromatic rings. The van der Waals surface area contributed by atoms with E-state index in [0.717, 1.165) is 0 Å². The highest BCUT2D eigenvalue weighted by atomic mass is 16.4. The quantitative estimate of drug-likeness (QED) is 0.693. The summed E-state index contributed by atoms with van der Waals surface area (Å²) in [5, 5.41) is 18.4. The highest BCUT2D eigenvalue weighted by Crippen LogP contribution is 2.25. The van der Waals surface area contributed by atoms with Gasteiger partial charge in [-0.1, -0.05) is 36.6 Å². The highest BCUT2D eigenvalue weighted by Gasteiger charge is 2.14. The number of aryl methyl sites for hydroxylation is 2. The molecule has 1 fully saturated rings. The first-order valence-electron chi connectivity index (χ1n) is 7.18. The molecule has 0 aromatic heterocycles. The van der Waals surface area contributed by atoms with Crippen LogP contribution in [0.1, 0.15) is 48.4 Å². The van der Waals surface area contributed by atoms with Crippen LogP contribution in [0.25, 0.3) is 0 Å². The number of nitrogens with one attached hydrogen (secondary N) is 1. The Morgan fingerprint density at radius 2 is 1.76 bits per heavy atom. The van der Waals surface area contributed by atoms with E-state index in [1.165, 1.54) is 48.9 Å². The van der Waals surface area contributed by atoms with Crippen molar-refractivity contribution in [1.82, 2.24) is 5.32 Å². The predicted octanol–water partition coefficient (Wildman–Crippen LogP) is 2.66. The van der Waals surface area contributed by atoms with Crippen molar-refractivity contribution in [3.8, 4) is 0 Å². The Morgan fingerprint density at radius 1 is 1.10 bits per heavy atom. The SMILES string of the molecule is Cc1ccc(C2CCCCCN2)c(C)c1.O=C(O)C(=O)O. The van der Waals surface area contributed by atoms with E-state index in [4.69, 9.17) is 19.8 Å². The normalized spacial score (nSPS) is 18.1. The van der Waals surface area contributed by atoms with Crippen LogP contribution in [-0.4, -0.2) is 28.7 Å². The van der Waals surface area contributed by atoms with Gasteiger partial charge in [-0.3, -0.25) is 0 Å². The molecule has 1 aliphatic heterocycles. The number of hydrogen-bond acceptors (Lipinski definition) is 3. The third-order valence-corrected chi connectivity index (χ3v) is 3.54. The molecule has 0 bridgehead atoms. The van der Waals surface area contributed by atoms with E-state index in [-0.39, 0.29) is 0 Å². The van der Waals surface area contributed by atoms with Gasteiger partial charge in [0.2, 0.25) is 0 Å². The van der Waals surface area contributed by atoms with Crippen molar-refractivity contribution in [3.63, 3.8) is 0 Å². The predicted molar refractivity (Wildman–Crippen MR) is 80.4 cm³/mol. The van der Waals surface area contributed by atoms with Crippen LogP contribution < -0.4 is 5.32 Å². The van der Waals surface area contributed by atoms with Crippen LogP contribution in [0.5, 0.6) is 0 Å². The lowest BCUT2D eigenvalue weighted by molar-refractivity contribution is -0.159. The molecule has 1 aromatic carbocycles. The Kier molecular flexibility index (Phi) is 6.88. The number of aliphatic carboxylic acids is 2. The number of carbonyl (C=O) groups is 2. The Morgan fingerprint density at radius 3 is 2.33 bits per heavy atom. The van der Waals surface area contributed by atoms with Gasteiger partial charge in [-0.25, -0.2) is 9.59 Å². The van der Waals surface area contributed by atoms with E-state index in [0.29, 0.717) is 6.04 Å². The van der Waals surface area contributed by atoms with E-state index in [1.807, 2.05) is 0 Å². The topological polar surface area (TPSA) is 86.6 Å². The largest absolute Gasteiger partial charge is 0.473 e. The molecule has 1 atom stereocenters. The molecule has 2 rings (SSSR count). The van der Waals surface area contributed by atoms with Crippen molar-refractivity contribution in [1.29, 1.82) is 0 Å². The first-order chi connectivity index (χ1) is 9.91. The van der Waals surface area contributed by atoms with E-state index < -0.39 is 11.9 Å². The fourth-order valence-electron chi connectivity index (χ4n) is 2.51. The zero-order chi connectivity index (χ0) is 15.8. The van der Waals surface area contributed by atoms with Crippen molar-refractivity contribution in [2.24, 2.45) is 0 Å². The lowest BCUT2D eigenvalue weighted by Gasteiger charge is -2.18. The summed E-state index contributed by atoms with van der Waals surface area (Å²) in [6.07, 6.45) is 5.38. The summed E-state index contributed by atoms with van der Waals surface area (Å²) in [7, 11) is 0. The first kappa shape index (κ1) is 17.2. The maximum atomic E-state index is 9.10. The van der Waals surface area contributed by atoms with Crippen LogP contribution in [0.2, 0.25) is 0 Å². The number of hydrogen-bond donors (Lipinski definition) is 3. The molecule has 116 valence electrons. The summed E-state index contributed by atoms with van der Waals surface area (Å²) >= 11 is 0. The van der Waals surface area contributed by atoms with Crippen molar-refractivity contribution in [3.05, 3.63) is 34.9 Å². The average Bonchev–Trinajstić information content (AvgIpc) is 2.68. The highest BCUT2D eigenvalue weighted by molar-refractivity contribution is 6.27. The monoisotopic (exact) mass is 293 g/mol. The van der Waals surface area contributed by atoms with Crippen LogP contribution in [0.15, 0.2) is 18.2 Å². The molecule has 0 aliphatic carbocycles. The Labute approximate surface area is 125 Å². The second-order valence-corrected chi connectivity index (χ2v) is 5.33. The molecule has 1 aliphatic rings. The maximum Gasteiger partial charge on any atom is 0.414 e. The summed E-state index contributed by atoms with van der Waals surface area (Å²) in [6, 6.07) is 7.41. The van der Waals surface area contributed by atoms with Gasteiger partial charge in [0.1, 0.15) is 0 Å². The Hall–Kier alpha value is -1.88. The maximum absolute atomic E-state index is 9.10. The fraction of sp³-hybridized carbons (Fsp3) is 0.500. The van der Waals surface area contributed by atoms with Gasteiger partial charge in [0.15, 0.2) is 0 Å². The standard InChI is InChI=1S/C14H21N.C2H2O4/c1-11-7-8-13(12(2)10-11)14-6-4-3-5-9-15-14;3-1(4)2(5)6/h7-8,10,14-15H,3-6,9H2,1-2H3;(H,3,4)(H,5,6). The van der Waals surface area contributed by atoms with E-state index in [9.17, 15) is 0 Å². The van der Waals surface area contributed by atoms with Crippen LogP contribution in [0.3, 0.4) is 0 Å².